The summed E-state index contributed by atoms with van der Waals surface area (Å²) in [5, 5.41) is 11.4. The first kappa shape index (κ1) is 14.7. The third-order valence-electron chi connectivity index (χ3n) is 1.67. The van der Waals surface area contributed by atoms with Gasteiger partial charge in [0.1, 0.15) is 16.3 Å². The van der Waals surface area contributed by atoms with Crippen molar-refractivity contribution in [3.63, 3.8) is 0 Å². The Morgan fingerprint density at radius 3 is 2.72 bits per heavy atom. The second-order valence-electron chi connectivity index (χ2n) is 4.40. The van der Waals surface area contributed by atoms with Crippen LogP contribution in [0.1, 0.15) is 26.5 Å². The zero-order valence-corrected chi connectivity index (χ0v) is 12.4. The molecule has 0 bridgehead atoms. The van der Waals surface area contributed by atoms with E-state index >= 15 is 0 Å². The van der Waals surface area contributed by atoms with Crippen LogP contribution in [0.3, 0.4) is 0 Å². The molecule has 1 N–H and O–H groups in total. The van der Waals surface area contributed by atoms with E-state index in [-0.39, 0.29) is 10.7 Å². The topological polar surface area (TPSA) is 75.0 Å². The highest BCUT2D eigenvalue weighted by Crippen LogP contribution is 2.26. The maximum absolute atomic E-state index is 11.6. The fraction of sp³-hybridized carbons (Fsp3) is 0.364. The Kier molecular flexibility index (Phi) is 4.54. The molecule has 0 unspecified atom stereocenters. The SMILES string of the molecule is CC(C)(C)OC(=O)Nc1cc(Cl)c(C#N)nc1Br. The molecule has 18 heavy (non-hydrogen) atoms. The van der Waals surface area contributed by atoms with E-state index in [9.17, 15) is 4.79 Å². The fourth-order valence-electron chi connectivity index (χ4n) is 1.05. The van der Waals surface area contributed by atoms with Crippen LogP contribution in [0.15, 0.2) is 10.7 Å². The Morgan fingerprint density at radius 1 is 1.61 bits per heavy atom. The van der Waals surface area contributed by atoms with Gasteiger partial charge in [-0.3, -0.25) is 5.32 Å². The number of halogens is 2. The highest BCUT2D eigenvalue weighted by Gasteiger charge is 2.18. The molecule has 0 fully saturated rings. The molecular weight excluding hydrogens is 321 g/mol. The number of hydrogen-bond acceptors (Lipinski definition) is 4. The molecule has 0 aliphatic heterocycles. The average molecular weight is 333 g/mol. The van der Waals surface area contributed by atoms with Gasteiger partial charge in [0.2, 0.25) is 0 Å². The van der Waals surface area contributed by atoms with Gasteiger partial charge in [0, 0.05) is 0 Å². The lowest BCUT2D eigenvalue weighted by Gasteiger charge is -2.19. The van der Waals surface area contributed by atoms with Crippen molar-refractivity contribution >= 4 is 39.3 Å². The summed E-state index contributed by atoms with van der Waals surface area (Å²) < 4.78 is 5.40. The summed E-state index contributed by atoms with van der Waals surface area (Å²) in [6.45, 7) is 5.27. The van der Waals surface area contributed by atoms with Crippen LogP contribution in [0.25, 0.3) is 0 Å². The van der Waals surface area contributed by atoms with Crippen LogP contribution in [0.2, 0.25) is 5.02 Å². The first-order valence-corrected chi connectivity index (χ1v) is 6.16. The van der Waals surface area contributed by atoms with E-state index in [1.165, 1.54) is 6.07 Å². The number of amides is 1. The number of rotatable bonds is 1. The van der Waals surface area contributed by atoms with Crippen molar-refractivity contribution in [2.75, 3.05) is 5.32 Å². The van der Waals surface area contributed by atoms with Crippen LogP contribution in [-0.2, 0) is 4.74 Å². The first-order valence-electron chi connectivity index (χ1n) is 4.99. The van der Waals surface area contributed by atoms with E-state index in [1.54, 1.807) is 20.8 Å². The lowest BCUT2D eigenvalue weighted by molar-refractivity contribution is 0.0636. The number of ether oxygens (including phenoxy) is 1. The number of nitriles is 1. The van der Waals surface area contributed by atoms with Gasteiger partial charge in [-0.2, -0.15) is 5.26 Å². The fourth-order valence-corrected chi connectivity index (χ4v) is 1.63. The Morgan fingerprint density at radius 2 is 2.22 bits per heavy atom. The average Bonchev–Trinajstić information content (AvgIpc) is 2.20. The molecular formula is C11H11BrClN3O2. The molecule has 0 aromatic carbocycles. The number of carbonyl (C=O) groups excluding carboxylic acids is 1. The largest absolute Gasteiger partial charge is 0.444 e. The minimum absolute atomic E-state index is 0.0817. The molecule has 1 aromatic heterocycles. The van der Waals surface area contributed by atoms with Crippen molar-refractivity contribution in [3.05, 3.63) is 21.4 Å². The standard InChI is InChI=1S/C11H11BrClN3O2/c1-11(2,3)18-10(17)16-7-4-6(13)8(5-14)15-9(7)12/h4H,1-3H3,(H,16,17). The van der Waals surface area contributed by atoms with E-state index in [1.807, 2.05) is 6.07 Å². The predicted octanol–water partition coefficient (Wildman–Crippen LogP) is 3.72. The van der Waals surface area contributed by atoms with Crippen LogP contribution >= 0.6 is 27.5 Å². The molecule has 0 saturated carbocycles. The molecule has 0 saturated heterocycles. The molecule has 96 valence electrons. The van der Waals surface area contributed by atoms with Crippen LogP contribution in [0.4, 0.5) is 10.5 Å². The lowest BCUT2D eigenvalue weighted by Crippen LogP contribution is -2.27. The maximum Gasteiger partial charge on any atom is 0.412 e. The first-order chi connectivity index (χ1) is 8.23. The Hall–Kier alpha value is -1.32. The van der Waals surface area contributed by atoms with Gasteiger partial charge < -0.3 is 4.74 Å². The molecule has 0 atom stereocenters. The smallest absolute Gasteiger partial charge is 0.412 e. The van der Waals surface area contributed by atoms with Gasteiger partial charge in [0.15, 0.2) is 5.69 Å². The second-order valence-corrected chi connectivity index (χ2v) is 5.55. The van der Waals surface area contributed by atoms with Crippen LogP contribution < -0.4 is 5.32 Å². The summed E-state index contributed by atoms with van der Waals surface area (Å²) in [6.07, 6.45) is -0.620. The quantitative estimate of drug-likeness (QED) is 0.795. The van der Waals surface area contributed by atoms with Crippen molar-refractivity contribution in [1.29, 1.82) is 5.26 Å². The Bertz CT molecular complexity index is 520. The highest BCUT2D eigenvalue weighted by molar-refractivity contribution is 9.10. The van der Waals surface area contributed by atoms with E-state index < -0.39 is 11.7 Å². The van der Waals surface area contributed by atoms with Crippen molar-refractivity contribution in [1.82, 2.24) is 4.98 Å². The number of pyridine rings is 1. The molecule has 0 spiro atoms. The summed E-state index contributed by atoms with van der Waals surface area (Å²) >= 11 is 8.96. The van der Waals surface area contributed by atoms with E-state index in [0.717, 1.165) is 0 Å². The zero-order valence-electron chi connectivity index (χ0n) is 10.0. The molecule has 1 heterocycles. The number of aromatic nitrogens is 1. The van der Waals surface area contributed by atoms with Gasteiger partial charge in [0.05, 0.1) is 10.7 Å². The van der Waals surface area contributed by atoms with Gasteiger partial charge in [-0.1, -0.05) is 11.6 Å². The lowest BCUT2D eigenvalue weighted by atomic mass is 10.2. The van der Waals surface area contributed by atoms with Crippen molar-refractivity contribution in [2.45, 2.75) is 26.4 Å². The Labute approximate surface area is 118 Å². The molecule has 0 aliphatic carbocycles. The summed E-state index contributed by atoms with van der Waals surface area (Å²) in [7, 11) is 0. The zero-order chi connectivity index (χ0) is 13.9. The maximum atomic E-state index is 11.6. The monoisotopic (exact) mass is 331 g/mol. The third-order valence-corrected chi connectivity index (χ3v) is 2.56. The molecule has 5 nitrogen and oxygen atoms in total. The van der Waals surface area contributed by atoms with Crippen molar-refractivity contribution in [2.24, 2.45) is 0 Å². The summed E-state index contributed by atoms with van der Waals surface area (Å²) in [4.78, 5) is 15.5. The van der Waals surface area contributed by atoms with Crippen LogP contribution in [0, 0.1) is 11.3 Å². The van der Waals surface area contributed by atoms with E-state index in [2.05, 4.69) is 26.2 Å². The minimum Gasteiger partial charge on any atom is -0.444 e. The number of hydrogen-bond donors (Lipinski definition) is 1. The molecule has 1 amide bonds. The normalized spacial score (nSPS) is 10.7. The minimum atomic E-state index is -0.620. The van der Waals surface area contributed by atoms with Gasteiger partial charge >= 0.3 is 6.09 Å². The molecule has 1 rings (SSSR count). The van der Waals surface area contributed by atoms with E-state index in [4.69, 9.17) is 21.6 Å². The molecule has 1 aromatic rings. The highest BCUT2D eigenvalue weighted by atomic mass is 79.9. The van der Waals surface area contributed by atoms with Crippen LogP contribution in [0.5, 0.6) is 0 Å². The van der Waals surface area contributed by atoms with Gasteiger partial charge in [-0.15, -0.1) is 0 Å². The molecule has 0 radical (unpaired) electrons. The second kappa shape index (κ2) is 5.55. The van der Waals surface area contributed by atoms with Gasteiger partial charge in [0.25, 0.3) is 0 Å². The predicted molar refractivity (Wildman–Crippen MR) is 71.5 cm³/mol. The van der Waals surface area contributed by atoms with Crippen LogP contribution in [-0.4, -0.2) is 16.7 Å². The number of carbonyl (C=O) groups is 1. The van der Waals surface area contributed by atoms with Gasteiger partial charge in [-0.05, 0) is 42.8 Å². The van der Waals surface area contributed by atoms with Gasteiger partial charge in [-0.25, -0.2) is 9.78 Å². The molecule has 7 heteroatoms. The number of nitrogens with zero attached hydrogens (tertiary/aromatic N) is 2. The summed E-state index contributed by atoms with van der Waals surface area (Å²) in [6, 6.07) is 3.27. The van der Waals surface area contributed by atoms with E-state index in [0.29, 0.717) is 10.3 Å². The molecule has 0 aliphatic rings. The Balaban J connectivity index is 2.90. The summed E-state index contributed by atoms with van der Waals surface area (Å²) in [5.74, 6) is 0. The number of anilines is 1. The summed E-state index contributed by atoms with van der Waals surface area (Å²) in [5.41, 5.74) is -0.174. The number of nitrogens with one attached hydrogen (secondary N) is 1. The third kappa shape index (κ3) is 4.17. The van der Waals surface area contributed by atoms with Crippen molar-refractivity contribution < 1.29 is 9.53 Å². The van der Waals surface area contributed by atoms with Crippen molar-refractivity contribution in [3.8, 4) is 6.07 Å².